The van der Waals surface area contributed by atoms with Gasteiger partial charge in [0.1, 0.15) is 0 Å². The molecule has 0 aliphatic heterocycles. The maximum atomic E-state index is 11.1. The van der Waals surface area contributed by atoms with E-state index in [1.165, 1.54) is 0 Å². The molecule has 1 atom stereocenters. The Balaban J connectivity index is 2.16. The van der Waals surface area contributed by atoms with E-state index in [-0.39, 0.29) is 5.97 Å². The highest BCUT2D eigenvalue weighted by molar-refractivity contribution is 5.88. The molecule has 1 rings (SSSR count). The van der Waals surface area contributed by atoms with Crippen LogP contribution in [-0.4, -0.2) is 23.5 Å². The van der Waals surface area contributed by atoms with Crippen LogP contribution >= 0.6 is 0 Å². The Morgan fingerprint density at radius 3 is 3.06 bits per heavy atom. The molecule has 0 aromatic carbocycles. The number of nitrogens with zero attached hydrogens (tertiary/aromatic N) is 1. The molecule has 90 valence electrons. The van der Waals surface area contributed by atoms with E-state index in [4.69, 9.17) is 9.94 Å². The highest BCUT2D eigenvalue weighted by atomic mass is 16.5. The molecule has 1 aliphatic rings. The van der Waals surface area contributed by atoms with Gasteiger partial charge >= 0.3 is 5.97 Å². The van der Waals surface area contributed by atoms with Gasteiger partial charge in [-0.25, -0.2) is 4.79 Å². The van der Waals surface area contributed by atoms with Gasteiger partial charge in [-0.2, -0.15) is 0 Å². The number of hydrogen-bond donors (Lipinski definition) is 1. The summed E-state index contributed by atoms with van der Waals surface area (Å²) in [7, 11) is 0. The molecule has 1 N–H and O–H groups in total. The average Bonchev–Trinajstić information content (AvgIpc) is 2.71. The Morgan fingerprint density at radius 2 is 2.44 bits per heavy atom. The van der Waals surface area contributed by atoms with Crippen LogP contribution in [0.2, 0.25) is 0 Å². The highest BCUT2D eigenvalue weighted by Crippen LogP contribution is 2.26. The molecule has 1 fully saturated rings. The Bertz CT molecular complexity index is 297. The third-order valence-electron chi connectivity index (χ3n) is 2.86. The van der Waals surface area contributed by atoms with Gasteiger partial charge < -0.3 is 9.94 Å². The van der Waals surface area contributed by atoms with Gasteiger partial charge in [0, 0.05) is 11.5 Å². The fraction of sp³-hybridized carbons (Fsp3) is 0.667. The van der Waals surface area contributed by atoms with Gasteiger partial charge in [0.25, 0.3) is 0 Å². The minimum absolute atomic E-state index is 0.331. The fourth-order valence-corrected chi connectivity index (χ4v) is 1.96. The molecule has 0 amide bonds. The smallest absolute Gasteiger partial charge is 0.333 e. The van der Waals surface area contributed by atoms with Gasteiger partial charge in [-0.05, 0) is 39.0 Å². The summed E-state index contributed by atoms with van der Waals surface area (Å²) in [5.74, 6) is 0.0380. The lowest BCUT2D eigenvalue weighted by Crippen LogP contribution is -2.10. The van der Waals surface area contributed by atoms with Gasteiger partial charge in [-0.3, -0.25) is 0 Å². The van der Waals surface area contributed by atoms with Gasteiger partial charge in [0.05, 0.1) is 12.3 Å². The lowest BCUT2D eigenvalue weighted by atomic mass is 10.0. The molecule has 1 saturated carbocycles. The zero-order valence-electron chi connectivity index (χ0n) is 9.74. The van der Waals surface area contributed by atoms with Gasteiger partial charge in [0.15, 0.2) is 0 Å². The second-order valence-electron chi connectivity index (χ2n) is 4.24. The molecule has 1 aliphatic carbocycles. The van der Waals surface area contributed by atoms with Crippen molar-refractivity contribution in [1.29, 1.82) is 0 Å². The van der Waals surface area contributed by atoms with E-state index < -0.39 is 0 Å². The lowest BCUT2D eigenvalue weighted by molar-refractivity contribution is -0.139. The molecule has 0 heterocycles. The second kappa shape index (κ2) is 6.30. The standard InChI is InChI=1S/C12H19NO3/c1-9(2)12(14)16-8-4-6-10-5-3-7-11(10)13-15/h10,15H,1,3-8H2,2H3. The van der Waals surface area contributed by atoms with Crippen LogP contribution in [-0.2, 0) is 9.53 Å². The SMILES string of the molecule is C=C(C)C(=O)OCCCC1CCCC1=NO. The molecule has 0 spiro atoms. The van der Waals surface area contributed by atoms with Gasteiger partial charge in [0.2, 0.25) is 0 Å². The van der Waals surface area contributed by atoms with Crippen molar-refractivity contribution in [2.45, 2.75) is 39.0 Å². The largest absolute Gasteiger partial charge is 0.462 e. The molecule has 0 saturated heterocycles. The summed E-state index contributed by atoms with van der Waals surface area (Å²) < 4.78 is 4.99. The van der Waals surface area contributed by atoms with Crippen LogP contribution in [0.5, 0.6) is 0 Å². The predicted octanol–water partition coefficient (Wildman–Crippen LogP) is 2.52. The summed E-state index contributed by atoms with van der Waals surface area (Å²) in [6.45, 7) is 5.56. The molecule has 0 bridgehead atoms. The summed E-state index contributed by atoms with van der Waals surface area (Å²) >= 11 is 0. The summed E-state index contributed by atoms with van der Waals surface area (Å²) in [6.07, 6.45) is 4.79. The van der Waals surface area contributed by atoms with Crippen LogP contribution in [0.1, 0.15) is 39.0 Å². The van der Waals surface area contributed by atoms with E-state index in [0.29, 0.717) is 18.1 Å². The maximum Gasteiger partial charge on any atom is 0.333 e. The van der Waals surface area contributed by atoms with E-state index in [9.17, 15) is 4.79 Å². The summed E-state index contributed by atoms with van der Waals surface area (Å²) in [5, 5.41) is 12.1. The topological polar surface area (TPSA) is 58.9 Å². The van der Waals surface area contributed by atoms with E-state index in [0.717, 1.165) is 37.8 Å². The van der Waals surface area contributed by atoms with E-state index >= 15 is 0 Å². The van der Waals surface area contributed by atoms with Crippen molar-refractivity contribution in [1.82, 2.24) is 0 Å². The van der Waals surface area contributed by atoms with Crippen molar-refractivity contribution in [3.8, 4) is 0 Å². The molecule has 0 aromatic rings. The number of oxime groups is 1. The van der Waals surface area contributed by atoms with Crippen LogP contribution < -0.4 is 0 Å². The van der Waals surface area contributed by atoms with Crippen molar-refractivity contribution in [3.63, 3.8) is 0 Å². The first-order valence-corrected chi connectivity index (χ1v) is 5.68. The first kappa shape index (κ1) is 12.7. The minimum atomic E-state index is -0.331. The summed E-state index contributed by atoms with van der Waals surface area (Å²) in [6, 6.07) is 0. The van der Waals surface area contributed by atoms with Gasteiger partial charge in [-0.15, -0.1) is 0 Å². The molecule has 4 heteroatoms. The van der Waals surface area contributed by atoms with E-state index in [1.807, 2.05) is 0 Å². The first-order chi connectivity index (χ1) is 7.65. The van der Waals surface area contributed by atoms with Crippen LogP contribution in [0.25, 0.3) is 0 Å². The van der Waals surface area contributed by atoms with Crippen molar-refractivity contribution in [3.05, 3.63) is 12.2 Å². The third-order valence-corrected chi connectivity index (χ3v) is 2.86. The van der Waals surface area contributed by atoms with Crippen LogP contribution in [0.15, 0.2) is 17.3 Å². The molecule has 4 nitrogen and oxygen atoms in total. The summed E-state index contributed by atoms with van der Waals surface area (Å²) in [4.78, 5) is 11.1. The number of rotatable bonds is 5. The van der Waals surface area contributed by atoms with E-state index in [2.05, 4.69) is 11.7 Å². The molecule has 16 heavy (non-hydrogen) atoms. The van der Waals surface area contributed by atoms with Crippen molar-refractivity contribution in [2.75, 3.05) is 6.61 Å². The number of esters is 1. The Kier molecular flexibility index (Phi) is 5.02. The molecular weight excluding hydrogens is 206 g/mol. The quantitative estimate of drug-likeness (QED) is 0.257. The predicted molar refractivity (Wildman–Crippen MR) is 61.6 cm³/mol. The Morgan fingerprint density at radius 1 is 1.69 bits per heavy atom. The zero-order valence-corrected chi connectivity index (χ0v) is 9.74. The van der Waals surface area contributed by atoms with Crippen molar-refractivity contribution < 1.29 is 14.7 Å². The maximum absolute atomic E-state index is 11.1. The number of ether oxygens (including phenoxy) is 1. The zero-order chi connectivity index (χ0) is 12.0. The van der Waals surface area contributed by atoms with E-state index in [1.54, 1.807) is 6.92 Å². The van der Waals surface area contributed by atoms with Crippen molar-refractivity contribution in [2.24, 2.45) is 11.1 Å². The average molecular weight is 225 g/mol. The number of carbonyl (C=O) groups excluding carboxylic acids is 1. The fourth-order valence-electron chi connectivity index (χ4n) is 1.96. The molecule has 0 radical (unpaired) electrons. The van der Waals surface area contributed by atoms with Gasteiger partial charge in [-0.1, -0.05) is 11.7 Å². The van der Waals surface area contributed by atoms with Crippen molar-refractivity contribution >= 4 is 11.7 Å². The Hall–Kier alpha value is -1.32. The molecule has 1 unspecified atom stereocenters. The highest BCUT2D eigenvalue weighted by Gasteiger charge is 2.22. The van der Waals surface area contributed by atoms with Crippen LogP contribution in [0.3, 0.4) is 0 Å². The van der Waals surface area contributed by atoms with Crippen LogP contribution in [0, 0.1) is 5.92 Å². The lowest BCUT2D eigenvalue weighted by Gasteiger charge is -2.09. The number of carbonyl (C=O) groups is 1. The molecule has 0 aromatic heterocycles. The summed E-state index contributed by atoms with van der Waals surface area (Å²) in [5.41, 5.74) is 1.32. The minimum Gasteiger partial charge on any atom is -0.462 e. The second-order valence-corrected chi connectivity index (χ2v) is 4.24. The first-order valence-electron chi connectivity index (χ1n) is 5.68. The monoisotopic (exact) mass is 225 g/mol. The van der Waals surface area contributed by atoms with Crippen LogP contribution in [0.4, 0.5) is 0 Å². The molecular formula is C12H19NO3. The normalized spacial score (nSPS) is 22.3. The third kappa shape index (κ3) is 3.68. The number of hydrogen-bond acceptors (Lipinski definition) is 4. The Labute approximate surface area is 96.0 Å².